The second-order valence-electron chi connectivity index (χ2n) is 3.92. The third-order valence-corrected chi connectivity index (χ3v) is 2.55. The van der Waals surface area contributed by atoms with Gasteiger partial charge in [-0.15, -0.1) is 0 Å². The third-order valence-electron chi connectivity index (χ3n) is 2.55. The van der Waals surface area contributed by atoms with Gasteiger partial charge in [0.25, 0.3) is 0 Å². The highest BCUT2D eigenvalue weighted by molar-refractivity contribution is 5.85. The van der Waals surface area contributed by atoms with Crippen LogP contribution >= 0.6 is 0 Å². The van der Waals surface area contributed by atoms with E-state index in [0.717, 1.165) is 11.3 Å². The van der Waals surface area contributed by atoms with Crippen molar-refractivity contribution in [3.05, 3.63) is 54.1 Å². The first-order chi connectivity index (χ1) is 8.66. The van der Waals surface area contributed by atoms with Gasteiger partial charge in [0.1, 0.15) is 5.69 Å². The van der Waals surface area contributed by atoms with Gasteiger partial charge in [0.05, 0.1) is 11.9 Å². The number of aromatic carboxylic acids is 1. The topological polar surface area (TPSA) is 66.3 Å². The van der Waals surface area contributed by atoms with E-state index in [1.54, 1.807) is 24.7 Å². The molecule has 0 radical (unpaired) electrons. The molecule has 0 atom stereocenters. The first-order valence-corrected chi connectivity index (χ1v) is 5.46. The van der Waals surface area contributed by atoms with E-state index in [9.17, 15) is 4.79 Å². The van der Waals surface area contributed by atoms with E-state index >= 15 is 0 Å². The molecular weight excluding hydrogens is 230 g/mol. The number of pyridine rings is 2. The van der Waals surface area contributed by atoms with Gasteiger partial charge in [-0.2, -0.15) is 0 Å². The minimum Gasteiger partial charge on any atom is -0.477 e. The Labute approximate surface area is 105 Å². The van der Waals surface area contributed by atoms with E-state index in [2.05, 4.69) is 9.97 Å². The van der Waals surface area contributed by atoms with Crippen molar-refractivity contribution in [3.63, 3.8) is 0 Å². The number of rotatable bonds is 4. The number of hydrogen-bond acceptors (Lipinski definition) is 4. The Morgan fingerprint density at radius 1 is 1.33 bits per heavy atom. The molecule has 0 spiro atoms. The highest BCUT2D eigenvalue weighted by Gasteiger charge is 2.06. The summed E-state index contributed by atoms with van der Waals surface area (Å²) in [7, 11) is 1.92. The van der Waals surface area contributed by atoms with Crippen molar-refractivity contribution in [2.75, 3.05) is 11.9 Å². The Hall–Kier alpha value is -2.43. The Bertz CT molecular complexity index is 526. The SMILES string of the molecule is CN(Cc1cccnc1)c1ccc(C(=O)O)nc1. The summed E-state index contributed by atoms with van der Waals surface area (Å²) < 4.78 is 0. The van der Waals surface area contributed by atoms with Crippen LogP contribution in [0.5, 0.6) is 0 Å². The zero-order valence-electron chi connectivity index (χ0n) is 9.95. The van der Waals surface area contributed by atoms with Crippen molar-refractivity contribution in [2.24, 2.45) is 0 Å². The molecule has 0 aliphatic carbocycles. The second-order valence-corrected chi connectivity index (χ2v) is 3.92. The third kappa shape index (κ3) is 2.82. The molecule has 2 aromatic heterocycles. The molecule has 0 amide bonds. The van der Waals surface area contributed by atoms with Crippen LogP contribution in [-0.2, 0) is 6.54 Å². The molecule has 0 saturated heterocycles. The predicted molar refractivity (Wildman–Crippen MR) is 67.5 cm³/mol. The zero-order chi connectivity index (χ0) is 13.0. The first kappa shape index (κ1) is 12.0. The van der Waals surface area contributed by atoms with Gasteiger partial charge in [-0.3, -0.25) is 4.98 Å². The number of nitrogens with zero attached hydrogens (tertiary/aromatic N) is 3. The number of anilines is 1. The fraction of sp³-hybridized carbons (Fsp3) is 0.154. The lowest BCUT2D eigenvalue weighted by Crippen LogP contribution is -2.17. The lowest BCUT2D eigenvalue weighted by Gasteiger charge is -2.18. The first-order valence-electron chi connectivity index (χ1n) is 5.46. The molecule has 0 aromatic carbocycles. The van der Waals surface area contributed by atoms with Crippen LogP contribution in [0.15, 0.2) is 42.9 Å². The number of hydrogen-bond donors (Lipinski definition) is 1. The zero-order valence-corrected chi connectivity index (χ0v) is 9.95. The summed E-state index contributed by atoms with van der Waals surface area (Å²) in [4.78, 5) is 20.6. The van der Waals surface area contributed by atoms with Gasteiger partial charge in [-0.05, 0) is 23.8 Å². The summed E-state index contributed by atoms with van der Waals surface area (Å²) >= 11 is 0. The van der Waals surface area contributed by atoms with E-state index in [1.165, 1.54) is 6.07 Å². The molecule has 2 heterocycles. The highest BCUT2D eigenvalue weighted by atomic mass is 16.4. The molecule has 92 valence electrons. The van der Waals surface area contributed by atoms with Crippen LogP contribution < -0.4 is 4.90 Å². The summed E-state index contributed by atoms with van der Waals surface area (Å²) in [5, 5.41) is 8.77. The van der Waals surface area contributed by atoms with Crippen molar-refractivity contribution in [1.82, 2.24) is 9.97 Å². The van der Waals surface area contributed by atoms with Crippen molar-refractivity contribution >= 4 is 11.7 Å². The maximum Gasteiger partial charge on any atom is 0.354 e. The van der Waals surface area contributed by atoms with Crippen LogP contribution in [0, 0.1) is 0 Å². The molecular formula is C13H13N3O2. The largest absolute Gasteiger partial charge is 0.477 e. The van der Waals surface area contributed by atoms with E-state index in [-0.39, 0.29) is 5.69 Å². The molecule has 5 nitrogen and oxygen atoms in total. The number of aromatic nitrogens is 2. The molecule has 0 saturated carbocycles. The average molecular weight is 243 g/mol. The molecule has 0 aliphatic rings. The summed E-state index contributed by atoms with van der Waals surface area (Å²) in [6.45, 7) is 0.696. The van der Waals surface area contributed by atoms with Gasteiger partial charge >= 0.3 is 5.97 Å². The van der Waals surface area contributed by atoms with E-state index < -0.39 is 5.97 Å². The molecule has 2 aromatic rings. The molecule has 18 heavy (non-hydrogen) atoms. The van der Waals surface area contributed by atoms with Gasteiger partial charge in [0.2, 0.25) is 0 Å². The van der Waals surface area contributed by atoms with Crippen molar-refractivity contribution in [1.29, 1.82) is 0 Å². The molecule has 0 bridgehead atoms. The maximum atomic E-state index is 10.7. The second kappa shape index (κ2) is 5.27. The van der Waals surface area contributed by atoms with Crippen molar-refractivity contribution < 1.29 is 9.90 Å². The quantitative estimate of drug-likeness (QED) is 0.887. The number of carboxylic acid groups (broad SMARTS) is 1. The Balaban J connectivity index is 2.09. The van der Waals surface area contributed by atoms with Crippen LogP contribution in [0.25, 0.3) is 0 Å². The molecule has 0 unspecified atom stereocenters. The van der Waals surface area contributed by atoms with Crippen molar-refractivity contribution in [3.8, 4) is 0 Å². The van der Waals surface area contributed by atoms with Crippen molar-refractivity contribution in [2.45, 2.75) is 6.54 Å². The van der Waals surface area contributed by atoms with E-state index in [4.69, 9.17) is 5.11 Å². The number of carbonyl (C=O) groups is 1. The smallest absolute Gasteiger partial charge is 0.354 e. The number of carboxylic acids is 1. The lowest BCUT2D eigenvalue weighted by atomic mass is 10.2. The van der Waals surface area contributed by atoms with Gasteiger partial charge in [-0.1, -0.05) is 6.07 Å². The minimum atomic E-state index is -1.02. The fourth-order valence-electron chi connectivity index (χ4n) is 1.60. The Morgan fingerprint density at radius 3 is 2.72 bits per heavy atom. The highest BCUT2D eigenvalue weighted by Crippen LogP contribution is 2.14. The van der Waals surface area contributed by atoms with Crippen LogP contribution in [-0.4, -0.2) is 28.1 Å². The molecule has 5 heteroatoms. The van der Waals surface area contributed by atoms with Crippen LogP contribution in [0.4, 0.5) is 5.69 Å². The lowest BCUT2D eigenvalue weighted by molar-refractivity contribution is 0.0690. The maximum absolute atomic E-state index is 10.7. The Kier molecular flexibility index (Phi) is 3.52. The molecule has 1 N–H and O–H groups in total. The Morgan fingerprint density at radius 2 is 2.17 bits per heavy atom. The standard InChI is InChI=1S/C13H13N3O2/c1-16(9-10-3-2-6-14-7-10)11-4-5-12(13(17)18)15-8-11/h2-8H,9H2,1H3,(H,17,18). The molecule has 0 fully saturated rings. The summed E-state index contributed by atoms with van der Waals surface area (Å²) in [6.07, 6.45) is 5.09. The monoisotopic (exact) mass is 243 g/mol. The normalized spacial score (nSPS) is 10.1. The van der Waals surface area contributed by atoms with Gasteiger partial charge in [0.15, 0.2) is 0 Å². The predicted octanol–water partition coefficient (Wildman–Crippen LogP) is 1.81. The summed E-state index contributed by atoms with van der Waals surface area (Å²) in [5.74, 6) is -1.02. The van der Waals surface area contributed by atoms with Gasteiger partial charge in [-0.25, -0.2) is 9.78 Å². The van der Waals surface area contributed by atoms with Gasteiger partial charge in [0, 0.05) is 26.0 Å². The van der Waals surface area contributed by atoms with Gasteiger partial charge < -0.3 is 10.0 Å². The van der Waals surface area contributed by atoms with Crippen LogP contribution in [0.1, 0.15) is 16.1 Å². The molecule has 0 aliphatic heterocycles. The molecule has 2 rings (SSSR count). The fourth-order valence-corrected chi connectivity index (χ4v) is 1.60. The summed E-state index contributed by atoms with van der Waals surface area (Å²) in [6, 6.07) is 7.11. The average Bonchev–Trinajstić information content (AvgIpc) is 2.40. The van der Waals surface area contributed by atoms with E-state index in [1.807, 2.05) is 24.1 Å². The van der Waals surface area contributed by atoms with Crippen LogP contribution in [0.3, 0.4) is 0 Å². The minimum absolute atomic E-state index is 0.0496. The summed E-state index contributed by atoms with van der Waals surface area (Å²) in [5.41, 5.74) is 2.00. The van der Waals surface area contributed by atoms with E-state index in [0.29, 0.717) is 6.54 Å². The van der Waals surface area contributed by atoms with Crippen LogP contribution in [0.2, 0.25) is 0 Å².